The maximum atomic E-state index is 15.4. The second-order valence-corrected chi connectivity index (χ2v) is 24.7. The summed E-state index contributed by atoms with van der Waals surface area (Å²) >= 11 is 0. The number of cyclic esters (lactones) is 1. The van der Waals surface area contributed by atoms with Crippen LogP contribution in [0.25, 0.3) is 10.9 Å². The number of carbonyl (C=O) groups is 4. The Labute approximate surface area is 475 Å². The number of nitrogens with one attached hydrogen (secondary N) is 1. The zero-order valence-corrected chi connectivity index (χ0v) is 50.0. The van der Waals surface area contributed by atoms with Gasteiger partial charge in [-0.25, -0.2) is 14.0 Å². The molecule has 18 atom stereocenters. The number of aromatic nitrogens is 1. The summed E-state index contributed by atoms with van der Waals surface area (Å²) in [5.74, 6) is -5.41. The third-order valence-electron chi connectivity index (χ3n) is 17.7. The van der Waals surface area contributed by atoms with Crippen LogP contribution in [-0.2, 0) is 52.2 Å². The van der Waals surface area contributed by atoms with Gasteiger partial charge in [0, 0.05) is 75.3 Å². The lowest BCUT2D eigenvalue weighted by molar-refractivity contribution is -0.318. The third-order valence-corrected chi connectivity index (χ3v) is 17.7. The van der Waals surface area contributed by atoms with Crippen molar-refractivity contribution in [3.63, 3.8) is 0 Å². The summed E-state index contributed by atoms with van der Waals surface area (Å²) in [5.41, 5.74) is -4.77. The predicted octanol–water partition coefficient (Wildman–Crippen LogP) is 5.55. The van der Waals surface area contributed by atoms with Gasteiger partial charge in [0.2, 0.25) is 5.43 Å². The van der Waals surface area contributed by atoms with Crippen molar-refractivity contribution in [3.8, 4) is 0 Å². The number of halogens is 1. The van der Waals surface area contributed by atoms with Gasteiger partial charge in [-0.2, -0.15) is 0 Å². The van der Waals surface area contributed by atoms with Crippen LogP contribution in [0, 0.1) is 23.6 Å². The second-order valence-electron chi connectivity index (χ2n) is 24.7. The standard InChI is InChI=1S/C58H90FN5O17/c1-16-43-58(10)50(80-55(71)81-58)34(6)63(14)28-30(2)26-56(8,72)49(79-54-47(67)42(61(11)12)23-31(3)74-54)32(4)48(33(5)53(70)76-43)78-45-27-57(9,73-15)51(35(7)75-45)77-44(65)19-21-62(13)22-20-60-40-25-41-37(24-39(40)59)46(66)38(52(68)69)29-64(41)36-17-18-36/h24-25,29-36,42-43,45,47-51,54,60,67,72H,16-23,26-28H2,1-15H3,(H,68,69)/t30-,31-,32+,33-,34-,35+,42+,43-,45+,47-,48+,49-,50-,51+,54+,56-,57-,58-/m1/s1. The molecule has 23 heteroatoms. The van der Waals surface area contributed by atoms with Crippen LogP contribution in [0.2, 0.25) is 0 Å². The summed E-state index contributed by atoms with van der Waals surface area (Å²) in [4.78, 5) is 72.0. The fourth-order valence-electron chi connectivity index (χ4n) is 12.8. The zero-order chi connectivity index (χ0) is 59.8. The highest BCUT2D eigenvalue weighted by Crippen LogP contribution is 2.43. The molecule has 4 saturated heterocycles. The number of hydrogen-bond acceptors (Lipinski definition) is 20. The van der Waals surface area contributed by atoms with E-state index in [1.807, 2.05) is 70.5 Å². The van der Waals surface area contributed by atoms with Crippen molar-refractivity contribution in [2.75, 3.05) is 66.8 Å². The van der Waals surface area contributed by atoms with Crippen molar-refractivity contribution in [3.05, 3.63) is 39.9 Å². The van der Waals surface area contributed by atoms with E-state index in [0.717, 1.165) is 18.9 Å². The summed E-state index contributed by atoms with van der Waals surface area (Å²) in [7, 11) is 8.94. The van der Waals surface area contributed by atoms with E-state index in [2.05, 4.69) is 5.32 Å². The fraction of sp³-hybridized carbons (Fsp3) is 0.776. The number of aliphatic hydroxyl groups excluding tert-OH is 1. The molecule has 5 fully saturated rings. The molecular formula is C58H90FN5O17. The number of pyridine rings is 1. The van der Waals surface area contributed by atoms with Crippen LogP contribution >= 0.6 is 0 Å². The van der Waals surface area contributed by atoms with Crippen molar-refractivity contribution >= 4 is 40.7 Å². The predicted molar refractivity (Wildman–Crippen MR) is 295 cm³/mol. The minimum Gasteiger partial charge on any atom is -0.477 e. The highest BCUT2D eigenvalue weighted by molar-refractivity contribution is 5.93. The van der Waals surface area contributed by atoms with Gasteiger partial charge in [0.15, 0.2) is 30.4 Å². The van der Waals surface area contributed by atoms with Crippen molar-refractivity contribution in [2.45, 2.75) is 211 Å². The normalized spacial score (nSPS) is 37.5. The number of aliphatic hydroxyl groups is 2. The lowest BCUT2D eigenvalue weighted by Crippen LogP contribution is -2.61. The Hall–Kier alpha value is -4.56. The highest BCUT2D eigenvalue weighted by Gasteiger charge is 2.59. The Morgan fingerprint density at radius 1 is 0.951 bits per heavy atom. The van der Waals surface area contributed by atoms with Crippen molar-refractivity contribution < 1.29 is 81.5 Å². The molecule has 1 aromatic carbocycles. The number of methoxy groups -OCH3 is 1. The molecule has 22 nitrogen and oxygen atoms in total. The van der Waals surface area contributed by atoms with Crippen molar-refractivity contribution in [1.29, 1.82) is 0 Å². The van der Waals surface area contributed by atoms with Gasteiger partial charge in [0.05, 0.1) is 53.6 Å². The number of benzene rings is 1. The quantitative estimate of drug-likeness (QED) is 0.112. The summed E-state index contributed by atoms with van der Waals surface area (Å²) in [6.45, 7) is 19.4. The number of aromatic carboxylic acids is 1. The zero-order valence-electron chi connectivity index (χ0n) is 50.0. The van der Waals surface area contributed by atoms with Gasteiger partial charge >= 0.3 is 24.1 Å². The van der Waals surface area contributed by atoms with Gasteiger partial charge < -0.3 is 77.6 Å². The summed E-state index contributed by atoms with van der Waals surface area (Å²) in [6, 6.07) is 1.89. The lowest BCUT2D eigenvalue weighted by Gasteiger charge is -2.49. The summed E-state index contributed by atoms with van der Waals surface area (Å²) < 4.78 is 74.2. The Bertz CT molecular complexity index is 2620. The van der Waals surface area contributed by atoms with E-state index in [4.69, 9.17) is 42.6 Å². The van der Waals surface area contributed by atoms with Gasteiger partial charge in [-0.3, -0.25) is 19.3 Å². The largest absolute Gasteiger partial charge is 0.509 e. The second kappa shape index (κ2) is 25.7. The van der Waals surface area contributed by atoms with E-state index in [1.165, 1.54) is 19.4 Å². The van der Waals surface area contributed by atoms with Crippen LogP contribution in [0.15, 0.2) is 23.1 Å². The molecule has 5 heterocycles. The van der Waals surface area contributed by atoms with Gasteiger partial charge in [-0.1, -0.05) is 20.8 Å². The number of carbonyl (C=O) groups excluding carboxylic acids is 3. The monoisotopic (exact) mass is 1150 g/mol. The molecule has 4 aliphatic heterocycles. The molecule has 1 aliphatic carbocycles. The number of esters is 2. The molecule has 7 rings (SSSR count). The van der Waals surface area contributed by atoms with Crippen LogP contribution in [0.3, 0.4) is 0 Å². The number of nitrogens with zero attached hydrogens (tertiary/aromatic N) is 4. The van der Waals surface area contributed by atoms with Crippen LogP contribution < -0.4 is 10.7 Å². The number of ether oxygens (including phenoxy) is 9. The topological polar surface area (TPSA) is 256 Å². The molecular weight excluding hydrogens is 1060 g/mol. The molecule has 0 radical (unpaired) electrons. The molecule has 456 valence electrons. The van der Waals surface area contributed by atoms with E-state index in [9.17, 15) is 39.3 Å². The lowest BCUT2D eigenvalue weighted by atomic mass is 9.77. The number of hydrogen-bond donors (Lipinski definition) is 4. The Kier molecular flexibility index (Phi) is 20.3. The third kappa shape index (κ3) is 14.2. The average Bonchev–Trinajstić information content (AvgIpc) is 4.43. The Morgan fingerprint density at radius 3 is 2.27 bits per heavy atom. The Morgan fingerprint density at radius 2 is 1.64 bits per heavy atom. The SMILES string of the molecule is CC[C@H]1OC(=O)[C@H](C)[C@@H](O[C@H]2C[C@@](C)(OC)[C@@H](OC(=O)CCN(C)CCNc3cc4c(cc3F)c(=O)c(C(=O)O)cn4C3CC3)[C@H](C)O2)[C@H](C)[C@@H](O[C@@H]2O[C@H](C)C[C@H](N(C)C)[C@H]2O)[C@](C)(O)C[C@@H](C)CN(C)[C@H](C)[C@H]2OC(=O)O[C@@]21C. The van der Waals surface area contributed by atoms with Crippen LogP contribution in [0.4, 0.5) is 14.9 Å². The van der Waals surface area contributed by atoms with Gasteiger partial charge in [0.1, 0.15) is 29.2 Å². The first-order valence-corrected chi connectivity index (χ1v) is 28.7. The van der Waals surface area contributed by atoms with Crippen LogP contribution in [0.5, 0.6) is 0 Å². The number of likely N-dealkylation sites (N-methyl/N-ethyl adjacent to an activating group) is 3. The molecule has 0 spiro atoms. The molecule has 0 amide bonds. The van der Waals surface area contributed by atoms with E-state index >= 15 is 4.39 Å². The maximum Gasteiger partial charge on any atom is 0.509 e. The Balaban J connectivity index is 1.08. The molecule has 0 unspecified atom stereocenters. The van der Waals surface area contributed by atoms with E-state index in [1.54, 1.807) is 46.2 Å². The van der Waals surface area contributed by atoms with Gasteiger partial charge in [0.25, 0.3) is 0 Å². The van der Waals surface area contributed by atoms with Gasteiger partial charge in [-0.05, 0) is 127 Å². The molecule has 5 aliphatic rings. The number of carboxylic acid groups (broad SMARTS) is 1. The maximum absolute atomic E-state index is 15.4. The molecule has 1 saturated carbocycles. The summed E-state index contributed by atoms with van der Waals surface area (Å²) in [5, 5.41) is 37.4. The minimum atomic E-state index is -1.64. The van der Waals surface area contributed by atoms with Crippen molar-refractivity contribution in [1.82, 2.24) is 19.3 Å². The first kappa shape index (κ1) is 64.0. The fourth-order valence-corrected chi connectivity index (χ4v) is 12.8. The van der Waals surface area contributed by atoms with Crippen LogP contribution in [-0.4, -0.2) is 210 Å². The first-order chi connectivity index (χ1) is 37.9. The average molecular weight is 1150 g/mol. The van der Waals surface area contributed by atoms with E-state index in [0.29, 0.717) is 25.0 Å². The number of anilines is 1. The smallest absolute Gasteiger partial charge is 0.477 e. The minimum absolute atomic E-state index is 0.00269. The van der Waals surface area contributed by atoms with E-state index in [-0.39, 0.29) is 74.0 Å². The number of carboxylic acids is 1. The first-order valence-electron chi connectivity index (χ1n) is 28.7. The van der Waals surface area contributed by atoms with Crippen molar-refractivity contribution in [2.24, 2.45) is 17.8 Å². The molecule has 2 aromatic rings. The van der Waals surface area contributed by atoms with Crippen LogP contribution in [0.1, 0.15) is 131 Å². The number of rotatable bonds is 17. The molecule has 0 bridgehead atoms. The molecule has 81 heavy (non-hydrogen) atoms. The highest BCUT2D eigenvalue weighted by atomic mass is 19.1. The number of fused-ring (bicyclic) bond motifs is 2. The van der Waals surface area contributed by atoms with Gasteiger partial charge in [-0.15, -0.1) is 0 Å². The van der Waals surface area contributed by atoms with E-state index < -0.39 is 131 Å². The molecule has 1 aromatic heterocycles. The molecule has 4 N–H and O–H groups in total. The summed E-state index contributed by atoms with van der Waals surface area (Å²) in [6.07, 6.45) is -6.39.